The molecule has 3 nitrogen and oxygen atoms in total. The Hall–Kier alpha value is -1.91. The number of sulfonamides is 1. The third-order valence-corrected chi connectivity index (χ3v) is 5.83. The molecule has 0 aliphatic rings. The van der Waals surface area contributed by atoms with Crippen LogP contribution in [0.4, 0.5) is 0 Å². The predicted molar refractivity (Wildman–Crippen MR) is 109 cm³/mol. The van der Waals surface area contributed by atoms with Gasteiger partial charge < -0.3 is 0 Å². The van der Waals surface area contributed by atoms with E-state index < -0.39 is 10.0 Å². The fourth-order valence-electron chi connectivity index (χ4n) is 2.77. The Labute approximate surface area is 158 Å². The van der Waals surface area contributed by atoms with Crippen molar-refractivity contribution in [2.45, 2.75) is 50.3 Å². The quantitative estimate of drug-likeness (QED) is 0.461. The van der Waals surface area contributed by atoms with Gasteiger partial charge >= 0.3 is 0 Å². The zero-order valence-electron chi connectivity index (χ0n) is 15.7. The van der Waals surface area contributed by atoms with Crippen LogP contribution in [0.3, 0.4) is 0 Å². The average molecular weight is 372 g/mol. The lowest BCUT2D eigenvalue weighted by Crippen LogP contribution is -2.28. The van der Waals surface area contributed by atoms with E-state index in [1.165, 1.54) is 19.3 Å². The van der Waals surface area contributed by atoms with Gasteiger partial charge in [0.1, 0.15) is 0 Å². The van der Waals surface area contributed by atoms with Gasteiger partial charge in [0, 0.05) is 12.5 Å². The normalized spacial score (nSPS) is 13.2. The zero-order chi connectivity index (χ0) is 18.8. The number of benzene rings is 2. The highest BCUT2D eigenvalue weighted by Crippen LogP contribution is 2.19. The summed E-state index contributed by atoms with van der Waals surface area (Å²) in [6.07, 6.45) is 8.92. The summed E-state index contributed by atoms with van der Waals surface area (Å²) in [5, 5.41) is 0. The molecule has 26 heavy (non-hydrogen) atoms. The van der Waals surface area contributed by atoms with Crippen molar-refractivity contribution in [1.29, 1.82) is 0 Å². The van der Waals surface area contributed by atoms with Gasteiger partial charge in [-0.3, -0.25) is 0 Å². The highest BCUT2D eigenvalue weighted by Gasteiger charge is 2.16. The molecular weight excluding hydrogens is 342 g/mol. The van der Waals surface area contributed by atoms with Gasteiger partial charge in [0.25, 0.3) is 0 Å². The van der Waals surface area contributed by atoms with Crippen molar-refractivity contribution in [3.63, 3.8) is 0 Å². The van der Waals surface area contributed by atoms with E-state index in [9.17, 15) is 8.42 Å². The number of nitrogens with one attached hydrogen (secondary N) is 1. The fourth-order valence-corrected chi connectivity index (χ4v) is 3.83. The number of aryl methyl sites for hydroxylation is 1. The lowest BCUT2D eigenvalue weighted by atomic mass is 9.98. The SMILES string of the molecule is CCCCC/C=C/C(CNS(=O)(=O)c1ccc(C)cc1)c1ccccc1. The molecule has 0 aliphatic heterocycles. The standard InChI is InChI=1S/C22H29NO2S/c1-3-4-5-6-8-13-21(20-11-9-7-10-12-20)18-23-26(24,25)22-16-14-19(2)15-17-22/h7-17,21,23H,3-6,18H2,1-2H3/b13-8+. The van der Waals surface area contributed by atoms with Gasteiger partial charge in [-0.2, -0.15) is 0 Å². The first kappa shape index (κ1) is 20.4. The summed E-state index contributed by atoms with van der Waals surface area (Å²) >= 11 is 0. The van der Waals surface area contributed by atoms with Crippen LogP contribution in [-0.4, -0.2) is 15.0 Å². The van der Waals surface area contributed by atoms with Gasteiger partial charge in [0.2, 0.25) is 10.0 Å². The predicted octanol–water partition coefficient (Wildman–Crippen LogP) is 5.19. The molecule has 1 N–H and O–H groups in total. The first-order chi connectivity index (χ1) is 12.5. The van der Waals surface area contributed by atoms with Crippen molar-refractivity contribution >= 4 is 10.0 Å². The Bertz CT molecular complexity index is 781. The van der Waals surface area contributed by atoms with Crippen LogP contribution < -0.4 is 4.72 Å². The van der Waals surface area contributed by atoms with Gasteiger partial charge in [-0.1, -0.05) is 79.9 Å². The van der Waals surface area contributed by atoms with Crippen LogP contribution in [0, 0.1) is 6.92 Å². The third-order valence-electron chi connectivity index (χ3n) is 4.40. The van der Waals surface area contributed by atoms with Gasteiger partial charge in [0.15, 0.2) is 0 Å². The van der Waals surface area contributed by atoms with E-state index in [0.717, 1.165) is 17.5 Å². The second-order valence-electron chi connectivity index (χ2n) is 6.61. The summed E-state index contributed by atoms with van der Waals surface area (Å²) in [6.45, 7) is 4.49. The molecule has 4 heteroatoms. The van der Waals surface area contributed by atoms with Gasteiger partial charge in [-0.05, 0) is 37.5 Å². The molecule has 0 spiro atoms. The molecule has 1 unspecified atom stereocenters. The first-order valence-corrected chi connectivity index (χ1v) is 10.8. The molecule has 2 aromatic rings. The highest BCUT2D eigenvalue weighted by molar-refractivity contribution is 7.89. The fraction of sp³-hybridized carbons (Fsp3) is 0.364. The van der Waals surface area contributed by atoms with Crippen LogP contribution in [0.2, 0.25) is 0 Å². The maximum Gasteiger partial charge on any atom is 0.240 e. The monoisotopic (exact) mass is 371 g/mol. The molecule has 0 fully saturated rings. The van der Waals surface area contributed by atoms with Gasteiger partial charge in [-0.25, -0.2) is 13.1 Å². The lowest BCUT2D eigenvalue weighted by molar-refractivity contribution is 0.578. The van der Waals surface area contributed by atoms with Gasteiger partial charge in [-0.15, -0.1) is 0 Å². The molecule has 0 saturated carbocycles. The van der Waals surface area contributed by atoms with E-state index >= 15 is 0 Å². The Kier molecular flexibility index (Phi) is 8.07. The summed E-state index contributed by atoms with van der Waals surface area (Å²) in [5.74, 6) is 0.0260. The maximum atomic E-state index is 12.6. The van der Waals surface area contributed by atoms with Crippen LogP contribution in [0.1, 0.15) is 49.7 Å². The molecule has 0 amide bonds. The molecule has 0 aliphatic carbocycles. The van der Waals surface area contributed by atoms with Crippen LogP contribution in [-0.2, 0) is 10.0 Å². The Morgan fingerprint density at radius 2 is 1.69 bits per heavy atom. The molecule has 2 rings (SSSR count). The topological polar surface area (TPSA) is 46.2 Å². The van der Waals surface area contributed by atoms with E-state index in [2.05, 4.69) is 23.8 Å². The minimum Gasteiger partial charge on any atom is -0.210 e. The van der Waals surface area contributed by atoms with Crippen LogP contribution in [0.5, 0.6) is 0 Å². The van der Waals surface area contributed by atoms with Gasteiger partial charge in [0.05, 0.1) is 4.90 Å². The van der Waals surface area contributed by atoms with Crippen molar-refractivity contribution in [3.05, 3.63) is 77.9 Å². The number of hydrogen-bond donors (Lipinski definition) is 1. The van der Waals surface area contributed by atoms with Crippen LogP contribution in [0.25, 0.3) is 0 Å². The Balaban J connectivity index is 2.07. The molecular formula is C22H29NO2S. The average Bonchev–Trinajstić information content (AvgIpc) is 2.65. The number of hydrogen-bond acceptors (Lipinski definition) is 2. The second kappa shape index (κ2) is 10.3. The summed E-state index contributed by atoms with van der Waals surface area (Å²) in [5.41, 5.74) is 2.16. The molecule has 0 bridgehead atoms. The molecule has 140 valence electrons. The lowest BCUT2D eigenvalue weighted by Gasteiger charge is -2.15. The molecule has 2 aromatic carbocycles. The number of rotatable bonds is 10. The summed E-state index contributed by atoms with van der Waals surface area (Å²) < 4.78 is 27.9. The van der Waals surface area contributed by atoms with E-state index in [1.807, 2.05) is 49.4 Å². The zero-order valence-corrected chi connectivity index (χ0v) is 16.5. The van der Waals surface area contributed by atoms with Crippen molar-refractivity contribution in [3.8, 4) is 0 Å². The summed E-state index contributed by atoms with van der Waals surface area (Å²) in [4.78, 5) is 0.307. The van der Waals surface area contributed by atoms with Crippen LogP contribution in [0.15, 0.2) is 71.6 Å². The Morgan fingerprint density at radius 1 is 1.00 bits per heavy atom. The van der Waals surface area contributed by atoms with Crippen molar-refractivity contribution < 1.29 is 8.42 Å². The van der Waals surface area contributed by atoms with Crippen LogP contribution >= 0.6 is 0 Å². The Morgan fingerprint density at radius 3 is 2.35 bits per heavy atom. The van der Waals surface area contributed by atoms with Crippen molar-refractivity contribution in [2.75, 3.05) is 6.54 Å². The van der Waals surface area contributed by atoms with E-state index in [0.29, 0.717) is 11.4 Å². The minimum absolute atomic E-state index is 0.0260. The van der Waals surface area contributed by atoms with E-state index in [4.69, 9.17) is 0 Å². The number of unbranched alkanes of at least 4 members (excludes halogenated alkanes) is 3. The molecule has 0 radical (unpaired) electrons. The second-order valence-corrected chi connectivity index (χ2v) is 8.37. The van der Waals surface area contributed by atoms with E-state index in [-0.39, 0.29) is 5.92 Å². The summed E-state index contributed by atoms with van der Waals surface area (Å²) in [7, 11) is -3.50. The van der Waals surface area contributed by atoms with Crippen molar-refractivity contribution in [2.24, 2.45) is 0 Å². The molecule has 0 aromatic heterocycles. The summed E-state index contributed by atoms with van der Waals surface area (Å²) in [6, 6.07) is 17.0. The number of allylic oxidation sites excluding steroid dienone is 1. The van der Waals surface area contributed by atoms with E-state index in [1.54, 1.807) is 12.1 Å². The molecule has 1 atom stereocenters. The first-order valence-electron chi connectivity index (χ1n) is 9.31. The smallest absolute Gasteiger partial charge is 0.210 e. The largest absolute Gasteiger partial charge is 0.240 e. The third kappa shape index (κ3) is 6.43. The molecule has 0 saturated heterocycles. The molecule has 0 heterocycles. The van der Waals surface area contributed by atoms with Crippen molar-refractivity contribution in [1.82, 2.24) is 4.72 Å². The minimum atomic E-state index is -3.50. The maximum absolute atomic E-state index is 12.6. The highest BCUT2D eigenvalue weighted by atomic mass is 32.2.